The van der Waals surface area contributed by atoms with Crippen LogP contribution in [0.3, 0.4) is 0 Å². The Morgan fingerprint density at radius 1 is 0.750 bits per heavy atom. The van der Waals surface area contributed by atoms with Crippen molar-refractivity contribution in [3.05, 3.63) is 0 Å². The van der Waals surface area contributed by atoms with Gasteiger partial charge in [0.15, 0.2) is 0 Å². The Morgan fingerprint density at radius 3 is 0.750 bits per heavy atom. The second-order valence-corrected chi connectivity index (χ2v) is 0. The number of rotatable bonds is 0. The molecule has 0 fully saturated rings. The Morgan fingerprint density at radius 2 is 0.750 bits per heavy atom. The molecule has 0 aliphatic rings. The molecule has 27 valence electrons. The minimum Gasteiger partial charge on any atom is -0.412 e. The molecule has 0 saturated carbocycles. The molecule has 0 aromatic carbocycles. The number of hydrogen-bond acceptors (Lipinski definition) is 0. The van der Waals surface area contributed by atoms with Gasteiger partial charge in [0.1, 0.15) is 0 Å². The van der Waals surface area contributed by atoms with Crippen molar-refractivity contribution < 1.29 is 31.4 Å². The minimum atomic E-state index is 0. The van der Waals surface area contributed by atoms with Gasteiger partial charge < -0.3 is 11.0 Å². The predicted octanol–water partition coefficient (Wildman–Crippen LogP) is -2.03. The van der Waals surface area contributed by atoms with Crippen molar-refractivity contribution >= 4 is 23.9 Å². The molecular weight excluding hydrogens is 337 g/mol. The molecule has 4 heavy (non-hydrogen) atoms. The van der Waals surface area contributed by atoms with Crippen molar-refractivity contribution in [3.8, 4) is 0 Å². The third-order valence-corrected chi connectivity index (χ3v) is 0. The van der Waals surface area contributed by atoms with E-state index in [1.165, 1.54) is 0 Å². The van der Waals surface area contributed by atoms with Gasteiger partial charge in [-0.1, -0.05) is 0 Å². The Bertz CT molecular complexity index is 6.00. The van der Waals surface area contributed by atoms with Crippen LogP contribution in [0.4, 0.5) is 0 Å². The molecule has 0 aliphatic carbocycles. The fourth-order valence-corrected chi connectivity index (χ4v) is 0. The molecule has 0 saturated heterocycles. The fraction of sp³-hybridized carbons (Fsp3) is 0. The standard InChI is InChI=1S/2H2O.Re.Sn/h2*1H2;;. The summed E-state index contributed by atoms with van der Waals surface area (Å²) in [5, 5.41) is 0. The van der Waals surface area contributed by atoms with Crippen LogP contribution < -0.4 is 0 Å². The van der Waals surface area contributed by atoms with Gasteiger partial charge in [0.25, 0.3) is 0 Å². The van der Waals surface area contributed by atoms with Gasteiger partial charge >= 0.3 is 0 Å². The van der Waals surface area contributed by atoms with Crippen LogP contribution in [0.15, 0.2) is 0 Å². The Labute approximate surface area is 55.2 Å². The zero-order valence-corrected chi connectivity index (χ0v) is 7.45. The predicted molar refractivity (Wildman–Crippen MR) is 13.0 cm³/mol. The smallest absolute Gasteiger partial charge is 0 e. The summed E-state index contributed by atoms with van der Waals surface area (Å²) in [6.07, 6.45) is 0. The van der Waals surface area contributed by atoms with Gasteiger partial charge in [-0.15, -0.1) is 0 Å². The summed E-state index contributed by atoms with van der Waals surface area (Å²) >= 11 is 0. The van der Waals surface area contributed by atoms with Crippen molar-refractivity contribution in [1.82, 2.24) is 0 Å². The van der Waals surface area contributed by atoms with E-state index in [1.807, 2.05) is 0 Å². The van der Waals surface area contributed by atoms with Gasteiger partial charge in [-0.2, -0.15) is 0 Å². The zero-order valence-electron chi connectivity index (χ0n) is 1.88. The third kappa shape index (κ3) is 10.1. The first-order valence-corrected chi connectivity index (χ1v) is 0. The molecule has 0 atom stereocenters. The number of hydrogen-bond donors (Lipinski definition) is 0. The van der Waals surface area contributed by atoms with E-state index < -0.39 is 0 Å². The van der Waals surface area contributed by atoms with Crippen LogP contribution in [0.25, 0.3) is 0 Å². The molecule has 4 N–H and O–H groups in total. The topological polar surface area (TPSA) is 63.0 Å². The molecule has 4 heteroatoms. The molecule has 0 unspecified atom stereocenters. The Kier molecular flexibility index (Phi) is 355. The third-order valence-electron chi connectivity index (χ3n) is 0. The molecule has 0 aliphatic heterocycles. The summed E-state index contributed by atoms with van der Waals surface area (Å²) in [5.41, 5.74) is 0. The molecule has 0 bridgehead atoms. The average molecular weight is 341 g/mol. The van der Waals surface area contributed by atoms with Gasteiger partial charge in [0, 0.05) is 44.3 Å². The van der Waals surface area contributed by atoms with Crippen LogP contribution in [0, 0.1) is 0 Å². The SMILES string of the molecule is O.O.[Re].[Sn]. The van der Waals surface area contributed by atoms with E-state index in [4.69, 9.17) is 0 Å². The molecule has 2 nitrogen and oxygen atoms in total. The minimum absolute atomic E-state index is 0. The molecule has 0 aromatic rings. The quantitative estimate of drug-likeness (QED) is 0.457. The second kappa shape index (κ2) is 26.3. The van der Waals surface area contributed by atoms with E-state index in [9.17, 15) is 0 Å². The molecule has 0 heterocycles. The van der Waals surface area contributed by atoms with Crippen molar-refractivity contribution in [1.29, 1.82) is 0 Å². The summed E-state index contributed by atoms with van der Waals surface area (Å²) < 4.78 is 0. The molecule has 0 aromatic heterocycles. The monoisotopic (exact) mass is 343 g/mol. The van der Waals surface area contributed by atoms with Crippen molar-refractivity contribution in [2.24, 2.45) is 0 Å². The van der Waals surface area contributed by atoms with Gasteiger partial charge in [0.05, 0.1) is 0 Å². The summed E-state index contributed by atoms with van der Waals surface area (Å²) in [6, 6.07) is 0. The second-order valence-electron chi connectivity index (χ2n) is 0. The first-order chi connectivity index (χ1) is 0. The van der Waals surface area contributed by atoms with E-state index in [0.717, 1.165) is 0 Å². The van der Waals surface area contributed by atoms with Crippen molar-refractivity contribution in [2.75, 3.05) is 0 Å². The fourth-order valence-electron chi connectivity index (χ4n) is 0. The van der Waals surface area contributed by atoms with Crippen LogP contribution in [0.5, 0.6) is 0 Å². The van der Waals surface area contributed by atoms with E-state index in [1.54, 1.807) is 0 Å². The van der Waals surface area contributed by atoms with Crippen molar-refractivity contribution in [2.45, 2.75) is 0 Å². The van der Waals surface area contributed by atoms with Crippen molar-refractivity contribution in [3.63, 3.8) is 0 Å². The molecule has 0 spiro atoms. The van der Waals surface area contributed by atoms with E-state index in [2.05, 4.69) is 0 Å². The first-order valence-electron chi connectivity index (χ1n) is 0. The van der Waals surface area contributed by atoms with Gasteiger partial charge in [0.2, 0.25) is 0 Å². The molecule has 0 rings (SSSR count). The Balaban J connectivity index is 0. The summed E-state index contributed by atoms with van der Waals surface area (Å²) in [7, 11) is 0. The van der Waals surface area contributed by atoms with Gasteiger partial charge in [-0.25, -0.2) is 0 Å². The van der Waals surface area contributed by atoms with E-state index >= 15 is 0 Å². The van der Waals surface area contributed by atoms with E-state index in [-0.39, 0.29) is 55.3 Å². The summed E-state index contributed by atoms with van der Waals surface area (Å²) in [5.74, 6) is 0. The average Bonchev–Trinajstić information content (AvgIpc) is 0. The van der Waals surface area contributed by atoms with Crippen LogP contribution in [-0.4, -0.2) is 34.9 Å². The van der Waals surface area contributed by atoms with Crippen LogP contribution in [0.2, 0.25) is 0 Å². The molecule has 5 radical (unpaired) electrons. The molecule has 0 amide bonds. The van der Waals surface area contributed by atoms with Gasteiger partial charge in [-0.3, -0.25) is 0 Å². The van der Waals surface area contributed by atoms with Crippen LogP contribution in [-0.2, 0) is 20.4 Å². The van der Waals surface area contributed by atoms with Gasteiger partial charge in [-0.05, 0) is 0 Å². The largest absolute Gasteiger partial charge is 0.412 e. The Hall–Kier alpha value is 1.38. The van der Waals surface area contributed by atoms with Crippen LogP contribution >= 0.6 is 0 Å². The molecular formula is H4O2ReSn. The van der Waals surface area contributed by atoms with Crippen LogP contribution in [0.1, 0.15) is 0 Å². The summed E-state index contributed by atoms with van der Waals surface area (Å²) in [6.45, 7) is 0. The first kappa shape index (κ1) is 54.2. The zero-order chi connectivity index (χ0) is 0. The maximum absolute atomic E-state index is 0. The normalized spacial score (nSPS) is 0. The maximum Gasteiger partial charge on any atom is 0 e. The van der Waals surface area contributed by atoms with E-state index in [0.29, 0.717) is 0 Å². The summed E-state index contributed by atoms with van der Waals surface area (Å²) in [4.78, 5) is 0. The maximum atomic E-state index is 0.